The summed E-state index contributed by atoms with van der Waals surface area (Å²) in [6.07, 6.45) is 0.451. The van der Waals surface area contributed by atoms with Crippen LogP contribution in [0, 0.1) is 0 Å². The maximum atomic E-state index is 12.2. The molecule has 0 unspecified atom stereocenters. The summed E-state index contributed by atoms with van der Waals surface area (Å²) in [7, 11) is 1.85. The van der Waals surface area contributed by atoms with Gasteiger partial charge in [0.2, 0.25) is 17.1 Å². The lowest BCUT2D eigenvalue weighted by Crippen LogP contribution is -2.36. The lowest BCUT2D eigenvalue weighted by molar-refractivity contribution is -0.655. The van der Waals surface area contributed by atoms with Gasteiger partial charge in [-0.3, -0.25) is 4.79 Å². The van der Waals surface area contributed by atoms with E-state index in [1.807, 2.05) is 19.2 Å². The smallest absolute Gasteiger partial charge is 0.225 e. The number of amides is 1. The topological polar surface area (TPSA) is 45.0 Å². The molecule has 0 saturated carbocycles. The highest BCUT2D eigenvalue weighted by Gasteiger charge is 2.22. The number of hydrogen-bond acceptors (Lipinski definition) is 2. The van der Waals surface area contributed by atoms with E-state index < -0.39 is 0 Å². The first-order chi connectivity index (χ1) is 14.2. The van der Waals surface area contributed by atoms with Crippen molar-refractivity contribution in [2.75, 3.05) is 18.9 Å². The molecular weight excluding hydrogens is 358 g/mol. The first-order valence-electron chi connectivity index (χ1n) is 10.1. The fourth-order valence-electron chi connectivity index (χ4n) is 3.95. The molecule has 4 nitrogen and oxygen atoms in total. The van der Waals surface area contributed by atoms with E-state index in [0.717, 1.165) is 17.6 Å². The van der Waals surface area contributed by atoms with Gasteiger partial charge in [-0.05, 0) is 44.3 Å². The number of aryl methyl sites for hydroxylation is 1. The van der Waals surface area contributed by atoms with Crippen molar-refractivity contribution >= 4 is 33.3 Å². The van der Waals surface area contributed by atoms with Crippen LogP contribution in [0.4, 0.5) is 5.69 Å². The second-order valence-electron chi connectivity index (χ2n) is 7.14. The van der Waals surface area contributed by atoms with E-state index in [0.29, 0.717) is 13.0 Å². The number of nitrogens with one attached hydrogen (secondary N) is 2. The van der Waals surface area contributed by atoms with Crippen LogP contribution in [0.1, 0.15) is 13.3 Å². The Morgan fingerprint density at radius 3 is 2.41 bits per heavy atom. The van der Waals surface area contributed by atoms with Crippen molar-refractivity contribution in [3.63, 3.8) is 0 Å². The van der Waals surface area contributed by atoms with Crippen molar-refractivity contribution < 1.29 is 9.36 Å². The molecule has 1 aromatic heterocycles. The van der Waals surface area contributed by atoms with Gasteiger partial charge in [0.1, 0.15) is 6.54 Å². The summed E-state index contributed by atoms with van der Waals surface area (Å²) in [5.41, 5.74) is 4.39. The average molecular weight is 385 g/mol. The van der Waals surface area contributed by atoms with Crippen molar-refractivity contribution in [2.45, 2.75) is 19.9 Å². The summed E-state index contributed by atoms with van der Waals surface area (Å²) in [5.74, 6) is 0.0177. The molecule has 1 amide bonds. The number of carbonyl (C=O) groups excluding carboxylic acids is 1. The Balaban J connectivity index is 1.97. The second kappa shape index (κ2) is 8.41. The van der Waals surface area contributed by atoms with Crippen LogP contribution >= 0.6 is 0 Å². The molecule has 0 atom stereocenters. The largest absolute Gasteiger partial charge is 0.326 e. The summed E-state index contributed by atoms with van der Waals surface area (Å²) in [4.78, 5) is 12.2. The van der Waals surface area contributed by atoms with E-state index in [1.165, 1.54) is 27.5 Å². The molecular formula is C25H26N3O+. The molecule has 146 valence electrons. The third kappa shape index (κ3) is 3.71. The molecule has 0 aliphatic rings. The van der Waals surface area contributed by atoms with Crippen molar-refractivity contribution in [3.8, 4) is 11.3 Å². The van der Waals surface area contributed by atoms with Crippen LogP contribution in [0.15, 0.2) is 72.8 Å². The second-order valence-corrected chi connectivity index (χ2v) is 7.14. The van der Waals surface area contributed by atoms with E-state index in [-0.39, 0.29) is 5.91 Å². The predicted octanol–water partition coefficient (Wildman–Crippen LogP) is 4.52. The van der Waals surface area contributed by atoms with Crippen LogP contribution in [0.25, 0.3) is 32.9 Å². The lowest BCUT2D eigenvalue weighted by Gasteiger charge is -2.13. The number of fused-ring (bicyclic) bond motifs is 3. The van der Waals surface area contributed by atoms with Crippen LogP contribution < -0.4 is 15.2 Å². The first-order valence-corrected chi connectivity index (χ1v) is 10.1. The fraction of sp³-hybridized carbons (Fsp3) is 0.200. The maximum absolute atomic E-state index is 12.2. The third-order valence-corrected chi connectivity index (χ3v) is 5.28. The first kappa shape index (κ1) is 19.1. The molecule has 0 saturated heterocycles. The molecule has 0 fully saturated rings. The molecule has 4 rings (SSSR count). The molecule has 3 aromatic carbocycles. The summed E-state index contributed by atoms with van der Waals surface area (Å²) in [6, 6.07) is 25.2. The SMILES string of the molecule is CC[n+]1c(-c2ccccc2)c2cc(NC(=O)CCNC)ccc2c2ccccc21. The number of hydrogen-bond donors (Lipinski definition) is 2. The monoisotopic (exact) mass is 384 g/mol. The molecule has 29 heavy (non-hydrogen) atoms. The summed E-state index contributed by atoms with van der Waals surface area (Å²) in [5, 5.41) is 9.61. The number of benzene rings is 3. The standard InChI is InChI=1S/C25H25N3O/c1-3-28-23-12-8-7-11-21(23)20-14-13-19(27-24(29)15-16-26-2)17-22(20)25(28)18-9-5-4-6-10-18/h4-14,17,26H,3,15-16H2,1-2H3/p+1. The highest BCUT2D eigenvalue weighted by Crippen LogP contribution is 2.33. The number of pyridine rings is 1. The molecule has 2 N–H and O–H groups in total. The van der Waals surface area contributed by atoms with Gasteiger partial charge in [-0.2, -0.15) is 4.57 Å². The molecule has 0 aliphatic heterocycles. The summed E-state index contributed by atoms with van der Waals surface area (Å²) < 4.78 is 2.36. The molecule has 0 aliphatic carbocycles. The molecule has 0 radical (unpaired) electrons. The van der Waals surface area contributed by atoms with Gasteiger partial charge in [-0.15, -0.1) is 0 Å². The Kier molecular flexibility index (Phi) is 5.54. The Hall–Kier alpha value is -3.24. The normalized spacial score (nSPS) is 11.1. The Morgan fingerprint density at radius 2 is 1.66 bits per heavy atom. The van der Waals surface area contributed by atoms with Gasteiger partial charge in [-0.25, -0.2) is 0 Å². The van der Waals surface area contributed by atoms with Crippen LogP contribution in [0.3, 0.4) is 0 Å². The van der Waals surface area contributed by atoms with E-state index in [4.69, 9.17) is 0 Å². The highest BCUT2D eigenvalue weighted by atomic mass is 16.1. The molecule has 0 spiro atoms. The Labute approximate surface area is 171 Å². The fourth-order valence-corrected chi connectivity index (χ4v) is 3.95. The van der Waals surface area contributed by atoms with Crippen molar-refractivity contribution in [1.82, 2.24) is 5.32 Å². The molecule has 0 bridgehead atoms. The average Bonchev–Trinajstić information content (AvgIpc) is 2.77. The molecule has 1 heterocycles. The summed E-state index contributed by atoms with van der Waals surface area (Å²) >= 11 is 0. The van der Waals surface area contributed by atoms with Gasteiger partial charge in [-0.1, -0.05) is 36.4 Å². The quantitative estimate of drug-likeness (QED) is 0.379. The van der Waals surface area contributed by atoms with Crippen molar-refractivity contribution in [1.29, 1.82) is 0 Å². The van der Waals surface area contributed by atoms with E-state index in [2.05, 4.69) is 82.8 Å². The zero-order valence-corrected chi connectivity index (χ0v) is 16.9. The number of nitrogens with zero attached hydrogens (tertiary/aromatic N) is 1. The molecule has 4 heteroatoms. The third-order valence-electron chi connectivity index (χ3n) is 5.28. The minimum Gasteiger partial charge on any atom is -0.326 e. The Bertz CT molecular complexity index is 1170. The number of anilines is 1. The number of aromatic nitrogens is 1. The van der Waals surface area contributed by atoms with Crippen molar-refractivity contribution in [3.05, 3.63) is 72.8 Å². The zero-order valence-electron chi connectivity index (χ0n) is 16.9. The number of rotatable bonds is 6. The van der Waals surface area contributed by atoms with Gasteiger partial charge in [0, 0.05) is 35.7 Å². The van der Waals surface area contributed by atoms with E-state index >= 15 is 0 Å². The van der Waals surface area contributed by atoms with Gasteiger partial charge in [0.25, 0.3) is 0 Å². The lowest BCUT2D eigenvalue weighted by atomic mass is 9.98. The van der Waals surface area contributed by atoms with Gasteiger partial charge in [0.05, 0.1) is 10.8 Å². The molecule has 4 aromatic rings. The zero-order chi connectivity index (χ0) is 20.2. The number of carbonyl (C=O) groups is 1. The Morgan fingerprint density at radius 1 is 0.897 bits per heavy atom. The van der Waals surface area contributed by atoms with Crippen molar-refractivity contribution in [2.24, 2.45) is 0 Å². The maximum Gasteiger partial charge on any atom is 0.225 e. The minimum atomic E-state index is 0.0177. The number of para-hydroxylation sites is 1. The highest BCUT2D eigenvalue weighted by molar-refractivity contribution is 6.10. The van der Waals surface area contributed by atoms with Crippen LogP contribution in [-0.2, 0) is 11.3 Å². The van der Waals surface area contributed by atoms with Gasteiger partial charge >= 0.3 is 0 Å². The van der Waals surface area contributed by atoms with Crippen LogP contribution in [0.5, 0.6) is 0 Å². The van der Waals surface area contributed by atoms with E-state index in [1.54, 1.807) is 0 Å². The van der Waals surface area contributed by atoms with Gasteiger partial charge < -0.3 is 10.6 Å². The predicted molar refractivity (Wildman–Crippen MR) is 120 cm³/mol. The van der Waals surface area contributed by atoms with Crippen LogP contribution in [0.2, 0.25) is 0 Å². The minimum absolute atomic E-state index is 0.0177. The van der Waals surface area contributed by atoms with Crippen LogP contribution in [-0.4, -0.2) is 19.5 Å². The van der Waals surface area contributed by atoms with E-state index in [9.17, 15) is 4.79 Å². The van der Waals surface area contributed by atoms with Gasteiger partial charge in [0.15, 0.2) is 0 Å². The summed E-state index contributed by atoms with van der Waals surface area (Å²) in [6.45, 7) is 3.70.